The van der Waals surface area contributed by atoms with Crippen LogP contribution in [-0.2, 0) is 9.53 Å². The summed E-state index contributed by atoms with van der Waals surface area (Å²) in [5.74, 6) is -4.12. The van der Waals surface area contributed by atoms with Crippen molar-refractivity contribution in [3.05, 3.63) is 83.8 Å². The summed E-state index contributed by atoms with van der Waals surface area (Å²) < 4.78 is 35.6. The van der Waals surface area contributed by atoms with E-state index in [4.69, 9.17) is 16.2 Å². The Morgan fingerprint density at radius 3 is 2.45 bits per heavy atom. The molecule has 168 valence electrons. The lowest BCUT2D eigenvalue weighted by Crippen LogP contribution is -2.30. The molecule has 31 heavy (non-hydrogen) atoms. The van der Waals surface area contributed by atoms with Crippen LogP contribution in [0.5, 0.6) is 0 Å². The van der Waals surface area contributed by atoms with E-state index >= 15 is 0 Å². The third-order valence-corrected chi connectivity index (χ3v) is 3.53. The van der Waals surface area contributed by atoms with Gasteiger partial charge >= 0.3 is 6.03 Å². The predicted octanol–water partition coefficient (Wildman–Crippen LogP) is 3.52. The normalized spacial score (nSPS) is 12.9. The molecule has 3 amide bonds. The molecule has 0 rings (SSSR count). The number of nitrogens with zero attached hydrogens (tertiary/aromatic N) is 1. The van der Waals surface area contributed by atoms with Crippen molar-refractivity contribution < 1.29 is 23.1 Å². The van der Waals surface area contributed by atoms with Gasteiger partial charge in [0.05, 0.1) is 0 Å². The molecular formula is C20H25F2N5O3S. The number of carbonyl (C=O) groups is 2. The molecular weight excluding hydrogens is 428 g/mol. The summed E-state index contributed by atoms with van der Waals surface area (Å²) >= 11 is 0.980. The lowest BCUT2D eigenvalue weighted by atomic mass is 10.2. The second-order valence-electron chi connectivity index (χ2n) is 5.42. The van der Waals surface area contributed by atoms with Crippen LogP contribution in [0.25, 0.3) is 0 Å². The molecule has 8 nitrogen and oxygen atoms in total. The SMILES string of the molecule is C=C/C(=C\C=C\SNC(=O)NCC)O/C(C(=C)F)=C(F)/C=C/C=C(\C)C(=O)N=C(N)N. The summed E-state index contributed by atoms with van der Waals surface area (Å²) in [7, 11) is 0. The molecule has 0 radical (unpaired) electrons. The summed E-state index contributed by atoms with van der Waals surface area (Å²) in [5.41, 5.74) is 10.3. The van der Waals surface area contributed by atoms with Crippen molar-refractivity contribution in [2.75, 3.05) is 6.54 Å². The molecule has 6 N–H and O–H groups in total. The Labute approximate surface area is 184 Å². The van der Waals surface area contributed by atoms with E-state index in [0.717, 1.165) is 24.1 Å². The van der Waals surface area contributed by atoms with Crippen LogP contribution in [-0.4, -0.2) is 24.4 Å². The third kappa shape index (κ3) is 12.5. The number of guanidine groups is 1. The van der Waals surface area contributed by atoms with E-state index < -0.39 is 29.3 Å². The average molecular weight is 454 g/mol. The van der Waals surface area contributed by atoms with E-state index in [1.165, 1.54) is 36.6 Å². The zero-order valence-corrected chi connectivity index (χ0v) is 18.0. The van der Waals surface area contributed by atoms with Gasteiger partial charge < -0.3 is 21.5 Å². The van der Waals surface area contributed by atoms with Crippen LogP contribution in [0, 0.1) is 0 Å². The van der Waals surface area contributed by atoms with Crippen LogP contribution in [0.2, 0.25) is 0 Å². The molecule has 0 aromatic heterocycles. The maximum Gasteiger partial charge on any atom is 0.325 e. The van der Waals surface area contributed by atoms with Crippen molar-refractivity contribution in [2.45, 2.75) is 13.8 Å². The number of nitrogens with one attached hydrogen (secondary N) is 2. The fraction of sp³-hybridized carbons (Fsp3) is 0.150. The molecule has 0 aliphatic heterocycles. The molecule has 0 saturated carbocycles. The molecule has 0 spiro atoms. The number of urea groups is 1. The number of halogens is 2. The maximum absolute atomic E-state index is 14.3. The van der Waals surface area contributed by atoms with Crippen LogP contribution < -0.4 is 21.5 Å². The molecule has 0 fully saturated rings. The van der Waals surface area contributed by atoms with Crippen LogP contribution in [0.3, 0.4) is 0 Å². The summed E-state index contributed by atoms with van der Waals surface area (Å²) in [6, 6.07) is -0.363. The van der Waals surface area contributed by atoms with Gasteiger partial charge in [-0.25, -0.2) is 13.6 Å². The fourth-order valence-corrected chi connectivity index (χ4v) is 1.99. The Kier molecular flexibility index (Phi) is 13.5. The number of carbonyl (C=O) groups excluding carboxylic acids is 2. The number of hydrogen-bond acceptors (Lipinski definition) is 4. The first-order chi connectivity index (χ1) is 14.6. The Morgan fingerprint density at radius 1 is 1.23 bits per heavy atom. The second-order valence-corrected chi connectivity index (χ2v) is 6.13. The smallest absolute Gasteiger partial charge is 0.325 e. The number of hydrogen-bond donors (Lipinski definition) is 4. The largest absolute Gasteiger partial charge is 0.451 e. The van der Waals surface area contributed by atoms with Crippen molar-refractivity contribution in [1.82, 2.24) is 10.0 Å². The molecule has 0 aliphatic carbocycles. The van der Waals surface area contributed by atoms with Gasteiger partial charge in [0.15, 0.2) is 23.4 Å². The highest BCUT2D eigenvalue weighted by Crippen LogP contribution is 2.22. The molecule has 11 heteroatoms. The summed E-state index contributed by atoms with van der Waals surface area (Å²) in [4.78, 5) is 26.1. The zero-order chi connectivity index (χ0) is 23.8. The van der Waals surface area contributed by atoms with Crippen LogP contribution in [0.1, 0.15) is 13.8 Å². The molecule has 0 aromatic carbocycles. The number of ether oxygens (including phenoxy) is 1. The van der Waals surface area contributed by atoms with E-state index in [9.17, 15) is 18.4 Å². The number of rotatable bonds is 11. The maximum atomic E-state index is 14.3. The molecule has 0 aliphatic rings. The zero-order valence-electron chi connectivity index (χ0n) is 17.2. The first kappa shape index (κ1) is 27.4. The van der Waals surface area contributed by atoms with Crippen LogP contribution >= 0.6 is 11.9 Å². The van der Waals surface area contributed by atoms with Crippen molar-refractivity contribution in [1.29, 1.82) is 0 Å². The van der Waals surface area contributed by atoms with Crippen molar-refractivity contribution in [3.8, 4) is 0 Å². The molecule has 0 saturated heterocycles. The van der Waals surface area contributed by atoms with Gasteiger partial charge in [0.1, 0.15) is 5.76 Å². The fourth-order valence-electron chi connectivity index (χ4n) is 1.58. The van der Waals surface area contributed by atoms with Gasteiger partial charge in [-0.15, -0.1) is 0 Å². The molecule has 0 heterocycles. The topological polar surface area (TPSA) is 132 Å². The van der Waals surface area contributed by atoms with E-state index in [2.05, 4.69) is 28.2 Å². The Hall–Kier alpha value is -3.60. The Bertz CT molecular complexity index is 870. The van der Waals surface area contributed by atoms with E-state index in [0.29, 0.717) is 6.54 Å². The predicted molar refractivity (Wildman–Crippen MR) is 120 cm³/mol. The first-order valence-corrected chi connectivity index (χ1v) is 9.60. The van der Waals surface area contributed by atoms with Crippen LogP contribution in [0.15, 0.2) is 88.8 Å². The van der Waals surface area contributed by atoms with Gasteiger partial charge in [-0.3, -0.25) is 9.52 Å². The van der Waals surface area contributed by atoms with Gasteiger partial charge in [-0.05, 0) is 49.4 Å². The number of amides is 3. The van der Waals surface area contributed by atoms with Crippen LogP contribution in [0.4, 0.5) is 13.6 Å². The summed E-state index contributed by atoms with van der Waals surface area (Å²) in [6.45, 7) is 10.2. The van der Waals surface area contributed by atoms with Gasteiger partial charge in [0, 0.05) is 12.1 Å². The lowest BCUT2D eigenvalue weighted by molar-refractivity contribution is -0.114. The first-order valence-electron chi connectivity index (χ1n) is 8.72. The minimum absolute atomic E-state index is 0.0156. The number of nitrogens with two attached hydrogens (primary N) is 2. The lowest BCUT2D eigenvalue weighted by Gasteiger charge is -2.08. The summed E-state index contributed by atoms with van der Waals surface area (Å²) in [5, 5.41) is 4.05. The van der Waals surface area contributed by atoms with E-state index in [1.807, 2.05) is 0 Å². The third-order valence-electron chi connectivity index (χ3n) is 2.94. The Balaban J connectivity index is 5.29. The van der Waals surface area contributed by atoms with Gasteiger partial charge in [-0.2, -0.15) is 4.99 Å². The molecule has 0 atom stereocenters. The quantitative estimate of drug-likeness (QED) is 0.0945. The molecule has 0 aromatic rings. The Morgan fingerprint density at radius 2 is 1.90 bits per heavy atom. The minimum Gasteiger partial charge on any atom is -0.451 e. The highest BCUT2D eigenvalue weighted by Gasteiger charge is 2.12. The average Bonchev–Trinajstić information content (AvgIpc) is 2.69. The van der Waals surface area contributed by atoms with Gasteiger partial charge in [-0.1, -0.05) is 31.4 Å². The van der Waals surface area contributed by atoms with Crippen molar-refractivity contribution in [2.24, 2.45) is 16.5 Å². The monoisotopic (exact) mass is 453 g/mol. The highest BCUT2D eigenvalue weighted by atomic mass is 32.2. The highest BCUT2D eigenvalue weighted by molar-refractivity contribution is 8.00. The molecule has 0 unspecified atom stereocenters. The van der Waals surface area contributed by atoms with Gasteiger partial charge in [0.2, 0.25) is 0 Å². The van der Waals surface area contributed by atoms with E-state index in [-0.39, 0.29) is 17.4 Å². The van der Waals surface area contributed by atoms with E-state index in [1.54, 1.807) is 6.92 Å². The standard InChI is InChI=1S/C20H25F2N5O3S/c1-5-15(10-8-12-31-27-20(29)25-6-2)30-17(14(4)21)16(22)11-7-9-13(3)18(28)26-19(23)24/h5,7-12H,1,4,6H2,2-3H3,(H2,25,27,29)(H4,23,24,26,28)/b11-7+,12-8+,13-9+,15-10+,17-16-. The second kappa shape index (κ2) is 15.3. The number of allylic oxidation sites excluding steroid dienone is 8. The van der Waals surface area contributed by atoms with Gasteiger partial charge in [0.25, 0.3) is 5.91 Å². The van der Waals surface area contributed by atoms with Crippen molar-refractivity contribution in [3.63, 3.8) is 0 Å². The summed E-state index contributed by atoms with van der Waals surface area (Å²) in [6.07, 6.45) is 7.33. The minimum atomic E-state index is -1.16. The van der Waals surface area contributed by atoms with Crippen molar-refractivity contribution >= 4 is 29.8 Å². The number of aliphatic imine (C=N–C) groups is 1. The molecule has 0 bridgehead atoms.